The van der Waals surface area contributed by atoms with E-state index in [0.29, 0.717) is 31.4 Å². The molecule has 1 N–H and O–H groups in total. The molecular formula is C21H28N4O2. The highest BCUT2D eigenvalue weighted by atomic mass is 16.5. The van der Waals surface area contributed by atoms with Crippen LogP contribution in [0.4, 0.5) is 0 Å². The van der Waals surface area contributed by atoms with Crippen LogP contribution in [0.25, 0.3) is 11.4 Å². The number of carbonyl (C=O) groups is 1. The molecule has 3 heterocycles. The molecule has 0 radical (unpaired) electrons. The molecule has 4 rings (SSSR count). The number of carbonyl (C=O) groups excluding carboxylic acids is 1. The van der Waals surface area contributed by atoms with Crippen molar-refractivity contribution in [2.75, 3.05) is 33.3 Å². The molecule has 6 heteroatoms. The normalized spacial score (nSPS) is 18.3. The summed E-state index contributed by atoms with van der Waals surface area (Å²) in [5, 5.41) is 3.09. The Morgan fingerprint density at radius 3 is 2.78 bits per heavy atom. The molecule has 1 aromatic carbocycles. The maximum atomic E-state index is 12.8. The lowest BCUT2D eigenvalue weighted by molar-refractivity contribution is 0.0816. The van der Waals surface area contributed by atoms with Crippen molar-refractivity contribution in [3.63, 3.8) is 0 Å². The zero-order valence-electron chi connectivity index (χ0n) is 16.0. The molecule has 1 saturated heterocycles. The summed E-state index contributed by atoms with van der Waals surface area (Å²) < 4.78 is 7.73. The Morgan fingerprint density at radius 2 is 2.00 bits per heavy atom. The second-order valence-corrected chi connectivity index (χ2v) is 7.59. The molecule has 1 fully saturated rings. The predicted molar refractivity (Wildman–Crippen MR) is 104 cm³/mol. The number of ether oxygens (including phenoxy) is 1. The first-order valence-corrected chi connectivity index (χ1v) is 9.91. The number of imidazole rings is 1. The number of nitrogens with zero attached hydrogens (tertiary/aromatic N) is 3. The monoisotopic (exact) mass is 368 g/mol. The largest absolute Gasteiger partial charge is 0.373 e. The van der Waals surface area contributed by atoms with Crippen molar-refractivity contribution in [2.45, 2.75) is 32.4 Å². The molecule has 6 nitrogen and oxygen atoms in total. The highest BCUT2D eigenvalue weighted by molar-refractivity contribution is 5.94. The van der Waals surface area contributed by atoms with Crippen molar-refractivity contribution in [2.24, 2.45) is 5.92 Å². The van der Waals surface area contributed by atoms with Crippen molar-refractivity contribution < 1.29 is 9.53 Å². The molecule has 2 aliphatic heterocycles. The van der Waals surface area contributed by atoms with Gasteiger partial charge in [0, 0.05) is 18.7 Å². The quantitative estimate of drug-likeness (QED) is 0.881. The molecule has 0 unspecified atom stereocenters. The fourth-order valence-electron chi connectivity index (χ4n) is 4.01. The lowest BCUT2D eigenvalue weighted by Crippen LogP contribution is -2.33. The second kappa shape index (κ2) is 8.23. The fraction of sp³-hybridized carbons (Fsp3) is 0.524. The van der Waals surface area contributed by atoms with E-state index in [2.05, 4.69) is 21.8 Å². The number of aromatic nitrogens is 2. The van der Waals surface area contributed by atoms with Crippen LogP contribution in [0, 0.1) is 5.92 Å². The molecule has 144 valence electrons. The SMILES string of the molecule is CN1CCC(CCNC(=O)c2nc(-c3ccccc3)n3c2COCC3)CC1. The van der Waals surface area contributed by atoms with Gasteiger partial charge in [0.25, 0.3) is 5.91 Å². The van der Waals surface area contributed by atoms with Gasteiger partial charge in [-0.1, -0.05) is 30.3 Å². The van der Waals surface area contributed by atoms with Gasteiger partial charge in [-0.15, -0.1) is 0 Å². The summed E-state index contributed by atoms with van der Waals surface area (Å²) in [6, 6.07) is 10.1. The number of amides is 1. The van der Waals surface area contributed by atoms with Gasteiger partial charge in [-0.05, 0) is 45.3 Å². The first kappa shape index (κ1) is 18.2. The molecule has 1 aromatic heterocycles. The third-order valence-corrected chi connectivity index (χ3v) is 5.69. The van der Waals surface area contributed by atoms with E-state index in [-0.39, 0.29) is 5.91 Å². The summed E-state index contributed by atoms with van der Waals surface area (Å²) >= 11 is 0. The van der Waals surface area contributed by atoms with E-state index < -0.39 is 0 Å². The maximum absolute atomic E-state index is 12.8. The van der Waals surface area contributed by atoms with Gasteiger partial charge in [0.2, 0.25) is 0 Å². The molecule has 0 spiro atoms. The Hall–Kier alpha value is -2.18. The first-order chi connectivity index (χ1) is 13.2. The van der Waals surface area contributed by atoms with Gasteiger partial charge in [-0.3, -0.25) is 4.79 Å². The minimum Gasteiger partial charge on any atom is -0.373 e. The number of piperidine rings is 1. The van der Waals surface area contributed by atoms with Gasteiger partial charge in [0.15, 0.2) is 5.69 Å². The number of likely N-dealkylation sites (tertiary alicyclic amines) is 1. The summed E-state index contributed by atoms with van der Waals surface area (Å²) in [6.45, 7) is 4.85. The van der Waals surface area contributed by atoms with Crippen LogP contribution in [-0.4, -0.2) is 53.6 Å². The van der Waals surface area contributed by atoms with E-state index >= 15 is 0 Å². The maximum Gasteiger partial charge on any atom is 0.271 e. The summed E-state index contributed by atoms with van der Waals surface area (Å²) in [7, 11) is 2.17. The summed E-state index contributed by atoms with van der Waals surface area (Å²) in [5.74, 6) is 1.48. The average molecular weight is 368 g/mol. The Morgan fingerprint density at radius 1 is 1.22 bits per heavy atom. The topological polar surface area (TPSA) is 59.4 Å². The number of hydrogen-bond acceptors (Lipinski definition) is 4. The van der Waals surface area contributed by atoms with Gasteiger partial charge >= 0.3 is 0 Å². The smallest absolute Gasteiger partial charge is 0.271 e. The zero-order chi connectivity index (χ0) is 18.6. The van der Waals surface area contributed by atoms with Crippen LogP contribution in [0.5, 0.6) is 0 Å². The summed E-state index contributed by atoms with van der Waals surface area (Å²) in [5.41, 5.74) is 2.43. The number of rotatable bonds is 5. The average Bonchev–Trinajstić information content (AvgIpc) is 3.10. The molecule has 0 aliphatic carbocycles. The van der Waals surface area contributed by atoms with E-state index in [1.165, 1.54) is 12.8 Å². The highest BCUT2D eigenvalue weighted by Gasteiger charge is 2.25. The predicted octanol–water partition coefficient (Wildman–Crippen LogP) is 2.54. The minimum absolute atomic E-state index is 0.0839. The van der Waals surface area contributed by atoms with Gasteiger partial charge < -0.3 is 19.5 Å². The molecule has 0 saturated carbocycles. The van der Waals surface area contributed by atoms with Gasteiger partial charge in [0.05, 0.1) is 18.9 Å². The Labute approximate surface area is 160 Å². The minimum atomic E-state index is -0.0839. The van der Waals surface area contributed by atoms with Crippen molar-refractivity contribution in [3.8, 4) is 11.4 Å². The van der Waals surface area contributed by atoms with Crippen LogP contribution in [-0.2, 0) is 17.9 Å². The van der Waals surface area contributed by atoms with E-state index in [1.54, 1.807) is 0 Å². The number of benzene rings is 1. The molecule has 0 bridgehead atoms. The molecule has 27 heavy (non-hydrogen) atoms. The van der Waals surface area contributed by atoms with E-state index in [9.17, 15) is 4.79 Å². The highest BCUT2D eigenvalue weighted by Crippen LogP contribution is 2.25. The second-order valence-electron chi connectivity index (χ2n) is 7.59. The molecule has 1 amide bonds. The Balaban J connectivity index is 1.45. The van der Waals surface area contributed by atoms with E-state index in [4.69, 9.17) is 9.72 Å². The van der Waals surface area contributed by atoms with Crippen LogP contribution in [0.15, 0.2) is 30.3 Å². The number of fused-ring (bicyclic) bond motifs is 1. The Bertz CT molecular complexity index is 779. The number of nitrogens with one attached hydrogen (secondary N) is 1. The van der Waals surface area contributed by atoms with Crippen molar-refractivity contribution in [1.82, 2.24) is 19.8 Å². The Kier molecular flexibility index (Phi) is 5.55. The molecule has 2 aromatic rings. The van der Waals surface area contributed by atoms with Gasteiger partial charge in [-0.25, -0.2) is 4.98 Å². The van der Waals surface area contributed by atoms with Gasteiger partial charge in [0.1, 0.15) is 5.82 Å². The zero-order valence-corrected chi connectivity index (χ0v) is 16.0. The van der Waals surface area contributed by atoms with Crippen LogP contribution in [0.2, 0.25) is 0 Å². The molecular weight excluding hydrogens is 340 g/mol. The third-order valence-electron chi connectivity index (χ3n) is 5.69. The van der Waals surface area contributed by atoms with E-state index in [0.717, 1.165) is 43.1 Å². The molecule has 0 atom stereocenters. The lowest BCUT2D eigenvalue weighted by Gasteiger charge is -2.28. The third kappa shape index (κ3) is 4.06. The van der Waals surface area contributed by atoms with Gasteiger partial charge in [-0.2, -0.15) is 0 Å². The van der Waals surface area contributed by atoms with E-state index in [1.807, 2.05) is 30.3 Å². The van der Waals surface area contributed by atoms with Crippen molar-refractivity contribution in [3.05, 3.63) is 41.7 Å². The first-order valence-electron chi connectivity index (χ1n) is 9.91. The number of hydrogen-bond donors (Lipinski definition) is 1. The summed E-state index contributed by atoms with van der Waals surface area (Å²) in [6.07, 6.45) is 3.48. The van der Waals surface area contributed by atoms with Crippen LogP contribution < -0.4 is 5.32 Å². The van der Waals surface area contributed by atoms with Crippen molar-refractivity contribution in [1.29, 1.82) is 0 Å². The van der Waals surface area contributed by atoms with Crippen LogP contribution >= 0.6 is 0 Å². The standard InChI is InChI=1S/C21H28N4O2/c1-24-11-8-16(9-12-24)7-10-22-21(26)19-18-15-27-14-13-25(18)20(23-19)17-5-3-2-4-6-17/h2-6,16H,7-15H2,1H3,(H,22,26). The van der Waals surface area contributed by atoms with Crippen LogP contribution in [0.3, 0.4) is 0 Å². The molecule has 2 aliphatic rings. The lowest BCUT2D eigenvalue weighted by atomic mass is 9.94. The van der Waals surface area contributed by atoms with Crippen LogP contribution in [0.1, 0.15) is 35.4 Å². The summed E-state index contributed by atoms with van der Waals surface area (Å²) in [4.78, 5) is 19.9. The fourth-order valence-corrected chi connectivity index (χ4v) is 4.01. The van der Waals surface area contributed by atoms with Crippen molar-refractivity contribution >= 4 is 5.91 Å².